The van der Waals surface area contributed by atoms with Gasteiger partial charge in [-0.25, -0.2) is 9.78 Å². The smallest absolute Gasteiger partial charge is 0.361 e. The van der Waals surface area contributed by atoms with Gasteiger partial charge in [0, 0.05) is 38.5 Å². The van der Waals surface area contributed by atoms with Crippen LogP contribution in [0.5, 0.6) is 5.75 Å². The van der Waals surface area contributed by atoms with E-state index < -0.39 is 23.4 Å². The van der Waals surface area contributed by atoms with Crippen LogP contribution in [0.3, 0.4) is 0 Å². The number of carbonyl (C=O) groups is 2. The van der Waals surface area contributed by atoms with E-state index in [1.165, 1.54) is 16.6 Å². The Kier molecular flexibility index (Phi) is 8.45. The van der Waals surface area contributed by atoms with Gasteiger partial charge in [-0.3, -0.25) is 14.2 Å². The molecule has 0 bridgehead atoms. The van der Waals surface area contributed by atoms with Crippen LogP contribution in [0, 0.1) is 11.3 Å². The number of rotatable bonds is 8. The molecule has 2 unspecified atom stereocenters. The fourth-order valence-corrected chi connectivity index (χ4v) is 4.39. The number of hydrogen-bond acceptors (Lipinski definition) is 7. The van der Waals surface area contributed by atoms with Gasteiger partial charge in [0.25, 0.3) is 11.5 Å². The fraction of sp³-hybridized carbons (Fsp3) is 0.321. The molecule has 0 spiro atoms. The van der Waals surface area contributed by atoms with E-state index >= 15 is 0 Å². The molecule has 0 aliphatic carbocycles. The summed E-state index contributed by atoms with van der Waals surface area (Å²) in [4.78, 5) is 44.3. The van der Waals surface area contributed by atoms with Crippen LogP contribution in [0.2, 0.25) is 0 Å². The first-order valence-corrected chi connectivity index (χ1v) is 11.8. The van der Waals surface area contributed by atoms with Gasteiger partial charge in [-0.05, 0) is 30.2 Å². The minimum Gasteiger partial charge on any atom is -0.489 e. The summed E-state index contributed by atoms with van der Waals surface area (Å²) in [5.41, 5.74) is 1.54. The maximum absolute atomic E-state index is 13.2. The number of esters is 1. The molecule has 0 radical (unpaired) electrons. The highest BCUT2D eigenvalue weighted by molar-refractivity contribution is 5.94. The second-order valence-corrected chi connectivity index (χ2v) is 8.73. The van der Waals surface area contributed by atoms with Crippen LogP contribution in [-0.2, 0) is 11.8 Å². The molecule has 2 atom stereocenters. The van der Waals surface area contributed by atoms with Crippen molar-refractivity contribution in [2.75, 3.05) is 27.8 Å². The van der Waals surface area contributed by atoms with E-state index in [9.17, 15) is 19.6 Å². The Morgan fingerprint density at radius 1 is 1.16 bits per heavy atom. The first-order chi connectivity index (χ1) is 17.7. The average Bonchev–Trinajstić information content (AvgIpc) is 2.90. The van der Waals surface area contributed by atoms with Crippen molar-refractivity contribution in [1.82, 2.24) is 14.5 Å². The molecule has 0 saturated heterocycles. The van der Waals surface area contributed by atoms with Crippen LogP contribution in [0.1, 0.15) is 69.0 Å². The van der Waals surface area contributed by atoms with E-state index in [1.807, 2.05) is 37.3 Å². The van der Waals surface area contributed by atoms with Crippen LogP contribution >= 0.6 is 0 Å². The molecule has 0 saturated carbocycles. The zero-order valence-electron chi connectivity index (χ0n) is 21.8. The molecule has 0 aliphatic rings. The second kappa shape index (κ2) is 11.5. The van der Waals surface area contributed by atoms with Crippen LogP contribution in [0.15, 0.2) is 53.3 Å². The van der Waals surface area contributed by atoms with E-state index in [-0.39, 0.29) is 24.0 Å². The third kappa shape index (κ3) is 5.38. The molecule has 0 N–H and O–H groups in total. The van der Waals surface area contributed by atoms with Crippen molar-refractivity contribution in [2.24, 2.45) is 7.05 Å². The van der Waals surface area contributed by atoms with Crippen LogP contribution in [0.4, 0.5) is 0 Å². The largest absolute Gasteiger partial charge is 0.489 e. The van der Waals surface area contributed by atoms with Gasteiger partial charge in [0.2, 0.25) is 5.75 Å². The predicted molar refractivity (Wildman–Crippen MR) is 138 cm³/mol. The lowest BCUT2D eigenvalue weighted by molar-refractivity contribution is 0.0513. The number of aromatic nitrogens is 2. The monoisotopic (exact) mass is 502 g/mol. The van der Waals surface area contributed by atoms with E-state index in [0.717, 1.165) is 5.56 Å². The Morgan fingerprint density at radius 3 is 2.41 bits per heavy atom. The first kappa shape index (κ1) is 27.1. The van der Waals surface area contributed by atoms with Crippen molar-refractivity contribution in [2.45, 2.75) is 25.7 Å². The number of nitriles is 1. The SMILES string of the molecule is CCOC(=O)c1nc(C(C)C(c2ccccc2)c2ccc(C(=O)N(C)C)cc2C#N)n(C)c(=O)c1OC. The molecule has 1 amide bonds. The van der Waals surface area contributed by atoms with Crippen molar-refractivity contribution in [3.05, 3.63) is 92.7 Å². The van der Waals surface area contributed by atoms with Crippen molar-refractivity contribution in [3.8, 4) is 11.8 Å². The van der Waals surface area contributed by atoms with Gasteiger partial charge in [-0.2, -0.15) is 5.26 Å². The molecule has 3 aromatic rings. The molecular weight excluding hydrogens is 472 g/mol. The zero-order chi connectivity index (χ0) is 27.3. The van der Waals surface area contributed by atoms with Gasteiger partial charge in [-0.15, -0.1) is 0 Å². The topological polar surface area (TPSA) is 115 Å². The molecular formula is C28H30N4O5. The number of methoxy groups -OCH3 is 1. The van der Waals surface area contributed by atoms with Crippen molar-refractivity contribution in [3.63, 3.8) is 0 Å². The van der Waals surface area contributed by atoms with Crippen LogP contribution in [-0.4, -0.2) is 54.1 Å². The maximum atomic E-state index is 13.2. The van der Waals surface area contributed by atoms with E-state index in [2.05, 4.69) is 11.1 Å². The van der Waals surface area contributed by atoms with Crippen LogP contribution in [0.25, 0.3) is 0 Å². The van der Waals surface area contributed by atoms with Crippen molar-refractivity contribution >= 4 is 11.9 Å². The molecule has 0 fully saturated rings. The van der Waals surface area contributed by atoms with Gasteiger partial charge in [0.1, 0.15) is 5.82 Å². The number of nitrogens with zero attached hydrogens (tertiary/aromatic N) is 4. The summed E-state index contributed by atoms with van der Waals surface area (Å²) in [5.74, 6) is -1.75. The van der Waals surface area contributed by atoms with Gasteiger partial charge >= 0.3 is 5.97 Å². The Morgan fingerprint density at radius 2 is 1.84 bits per heavy atom. The Balaban J connectivity index is 2.26. The predicted octanol–water partition coefficient (Wildman–Crippen LogP) is 3.47. The number of carbonyl (C=O) groups excluding carboxylic acids is 2. The summed E-state index contributed by atoms with van der Waals surface area (Å²) in [6, 6.07) is 16.7. The summed E-state index contributed by atoms with van der Waals surface area (Å²) in [6.07, 6.45) is 0. The fourth-order valence-electron chi connectivity index (χ4n) is 4.39. The average molecular weight is 503 g/mol. The minimum atomic E-state index is -0.758. The highest BCUT2D eigenvalue weighted by Gasteiger charge is 2.31. The van der Waals surface area contributed by atoms with Gasteiger partial charge in [-0.1, -0.05) is 43.3 Å². The first-order valence-electron chi connectivity index (χ1n) is 11.8. The quantitative estimate of drug-likeness (QED) is 0.433. The zero-order valence-corrected chi connectivity index (χ0v) is 21.8. The molecule has 9 heteroatoms. The minimum absolute atomic E-state index is 0.111. The molecule has 3 rings (SSSR count). The summed E-state index contributed by atoms with van der Waals surface area (Å²) in [6.45, 7) is 3.65. The molecule has 37 heavy (non-hydrogen) atoms. The molecule has 192 valence electrons. The summed E-state index contributed by atoms with van der Waals surface area (Å²) in [7, 11) is 6.15. The molecule has 9 nitrogen and oxygen atoms in total. The number of ether oxygens (including phenoxy) is 2. The molecule has 0 aliphatic heterocycles. The summed E-state index contributed by atoms with van der Waals surface area (Å²) < 4.78 is 11.7. The molecule has 1 heterocycles. The number of benzene rings is 2. The van der Waals surface area contributed by atoms with Gasteiger partial charge < -0.3 is 14.4 Å². The van der Waals surface area contributed by atoms with E-state index in [4.69, 9.17) is 9.47 Å². The number of hydrogen-bond donors (Lipinski definition) is 0. The summed E-state index contributed by atoms with van der Waals surface area (Å²) in [5, 5.41) is 10.0. The molecule has 1 aromatic heterocycles. The van der Waals surface area contributed by atoms with Crippen molar-refractivity contribution in [1.29, 1.82) is 5.26 Å². The third-order valence-electron chi connectivity index (χ3n) is 6.18. The van der Waals surface area contributed by atoms with Crippen LogP contribution < -0.4 is 10.3 Å². The van der Waals surface area contributed by atoms with Gasteiger partial charge in [0.05, 0.1) is 25.3 Å². The van der Waals surface area contributed by atoms with E-state index in [1.54, 1.807) is 46.3 Å². The van der Waals surface area contributed by atoms with Crippen molar-refractivity contribution < 1.29 is 19.1 Å². The number of amides is 1. The highest BCUT2D eigenvalue weighted by Crippen LogP contribution is 2.39. The second-order valence-electron chi connectivity index (χ2n) is 8.73. The maximum Gasteiger partial charge on any atom is 0.361 e. The highest BCUT2D eigenvalue weighted by atomic mass is 16.5. The standard InChI is InChI=1S/C28H30N4O5/c1-7-37-28(35)23-24(36-6)27(34)32(5)25(30-23)17(2)22(18-11-9-8-10-12-18)21-14-13-19(15-20(21)16-29)26(33)31(3)4/h8-15,17,22H,7H2,1-6H3. The Hall–Kier alpha value is -4.45. The normalized spacial score (nSPS) is 12.2. The Labute approximate surface area is 215 Å². The molecule has 2 aromatic carbocycles. The summed E-state index contributed by atoms with van der Waals surface area (Å²) >= 11 is 0. The van der Waals surface area contributed by atoms with E-state index in [0.29, 0.717) is 22.5 Å². The lowest BCUT2D eigenvalue weighted by atomic mass is 9.79. The lowest BCUT2D eigenvalue weighted by Gasteiger charge is -2.27. The third-order valence-corrected chi connectivity index (χ3v) is 6.18. The Bertz CT molecular complexity index is 1410. The van der Waals surface area contributed by atoms with Gasteiger partial charge in [0.15, 0.2) is 5.69 Å². The lowest BCUT2D eigenvalue weighted by Crippen LogP contribution is -2.30.